The number of nitrogens with zero attached hydrogens (tertiary/aromatic N) is 3. The van der Waals surface area contributed by atoms with Crippen molar-refractivity contribution in [1.29, 1.82) is 0 Å². The molecule has 5 rings (SSSR count). The van der Waals surface area contributed by atoms with E-state index in [-0.39, 0.29) is 31.8 Å². The van der Waals surface area contributed by atoms with Gasteiger partial charge < -0.3 is 33.7 Å². The van der Waals surface area contributed by atoms with Crippen LogP contribution in [0.3, 0.4) is 0 Å². The van der Waals surface area contributed by atoms with Crippen molar-refractivity contribution in [2.24, 2.45) is 0 Å². The fourth-order valence-corrected chi connectivity index (χ4v) is 4.78. The van der Waals surface area contributed by atoms with Crippen molar-refractivity contribution >= 4 is 17.6 Å². The number of urea groups is 1. The largest absolute Gasteiger partial charge is 0.464 e. The summed E-state index contributed by atoms with van der Waals surface area (Å²) in [6, 6.07) is 16.7. The Kier molecular flexibility index (Phi) is 8.87. The number of amides is 3. The summed E-state index contributed by atoms with van der Waals surface area (Å²) in [6.45, 7) is 8.54. The molecule has 0 spiro atoms. The second-order valence-corrected chi connectivity index (χ2v) is 10.1. The zero-order valence-electron chi connectivity index (χ0n) is 23.1. The van der Waals surface area contributed by atoms with E-state index in [4.69, 9.17) is 18.6 Å². The van der Waals surface area contributed by atoms with Crippen LogP contribution < -0.4 is 14.8 Å². The molecule has 1 N–H and O–H groups in total. The molecular weight excluding hydrogens is 512 g/mol. The lowest BCUT2D eigenvalue weighted by Crippen LogP contribution is -2.48. The molecule has 10 heteroatoms. The van der Waals surface area contributed by atoms with Gasteiger partial charge in [0.15, 0.2) is 11.5 Å². The topological polar surface area (TPSA) is 96.7 Å². The number of nitrogens with one attached hydrogen (secondary N) is 1. The lowest BCUT2D eigenvalue weighted by molar-refractivity contribution is -0.133. The number of anilines is 1. The van der Waals surface area contributed by atoms with E-state index in [2.05, 4.69) is 10.2 Å². The average Bonchev–Trinajstić information content (AvgIpc) is 3.59. The molecule has 2 aliphatic rings. The van der Waals surface area contributed by atoms with Crippen molar-refractivity contribution in [3.05, 3.63) is 77.2 Å². The number of hydrogen-bond donors (Lipinski definition) is 1. The standard InChI is InChI=1S/C30H36N4O6/c1-22-4-3-5-25(16-22)31-30(36)33(11-10-32-12-14-37-15-13-32)20-29(35)34(19-26-8-6-23(2)40-26)18-24-7-9-27-28(17-24)39-21-38-27/h3-9,16-17H,10-15,18-21H2,1-2H3,(H,31,36). The first-order valence-corrected chi connectivity index (χ1v) is 13.6. The van der Waals surface area contributed by atoms with Crippen molar-refractivity contribution in [3.63, 3.8) is 0 Å². The molecule has 0 unspecified atom stereocenters. The summed E-state index contributed by atoms with van der Waals surface area (Å²) in [7, 11) is 0. The molecule has 3 heterocycles. The number of carbonyl (C=O) groups is 2. The van der Waals surface area contributed by atoms with E-state index in [1.165, 1.54) is 0 Å². The van der Waals surface area contributed by atoms with Crippen LogP contribution >= 0.6 is 0 Å². The highest BCUT2D eigenvalue weighted by molar-refractivity contribution is 5.92. The summed E-state index contributed by atoms with van der Waals surface area (Å²) in [5.74, 6) is 2.60. The maximum Gasteiger partial charge on any atom is 0.322 e. The van der Waals surface area contributed by atoms with Gasteiger partial charge in [-0.15, -0.1) is 0 Å². The second kappa shape index (κ2) is 12.9. The van der Waals surface area contributed by atoms with Gasteiger partial charge in [0.05, 0.1) is 19.8 Å². The van der Waals surface area contributed by atoms with E-state index >= 15 is 0 Å². The first-order valence-electron chi connectivity index (χ1n) is 13.6. The third-order valence-corrected chi connectivity index (χ3v) is 6.98. The maximum atomic E-state index is 13.8. The zero-order chi connectivity index (χ0) is 27.9. The molecule has 212 valence electrons. The Morgan fingerprint density at radius 2 is 1.75 bits per heavy atom. The lowest BCUT2D eigenvalue weighted by atomic mass is 10.2. The number of rotatable bonds is 10. The molecule has 10 nitrogen and oxygen atoms in total. The Labute approximate surface area is 234 Å². The first kappa shape index (κ1) is 27.5. The molecule has 3 aromatic rings. The molecule has 1 saturated heterocycles. The van der Waals surface area contributed by atoms with Crippen LogP contribution in [0.15, 0.2) is 59.0 Å². The zero-order valence-corrected chi connectivity index (χ0v) is 23.1. The Hall–Kier alpha value is -4.02. The summed E-state index contributed by atoms with van der Waals surface area (Å²) in [6.07, 6.45) is 0. The Morgan fingerprint density at radius 1 is 0.925 bits per heavy atom. The first-order chi connectivity index (χ1) is 19.4. The summed E-state index contributed by atoms with van der Waals surface area (Å²) in [5.41, 5.74) is 2.62. The van der Waals surface area contributed by atoms with Gasteiger partial charge >= 0.3 is 6.03 Å². The number of ether oxygens (including phenoxy) is 3. The van der Waals surface area contributed by atoms with E-state index in [0.717, 1.165) is 30.0 Å². The molecule has 0 aliphatic carbocycles. The van der Waals surface area contributed by atoms with E-state index in [1.807, 2.05) is 68.4 Å². The minimum absolute atomic E-state index is 0.0772. The van der Waals surface area contributed by atoms with Crippen LogP contribution in [0.4, 0.5) is 10.5 Å². The second-order valence-electron chi connectivity index (χ2n) is 10.1. The van der Waals surface area contributed by atoms with Gasteiger partial charge in [-0.2, -0.15) is 0 Å². The van der Waals surface area contributed by atoms with Gasteiger partial charge in [-0.1, -0.05) is 18.2 Å². The highest BCUT2D eigenvalue weighted by Crippen LogP contribution is 2.33. The number of hydrogen-bond acceptors (Lipinski definition) is 7. The minimum atomic E-state index is -0.316. The van der Waals surface area contributed by atoms with Gasteiger partial charge in [0.25, 0.3) is 0 Å². The van der Waals surface area contributed by atoms with Crippen molar-refractivity contribution in [2.75, 3.05) is 58.0 Å². The fourth-order valence-electron chi connectivity index (χ4n) is 4.78. The molecule has 3 amide bonds. The van der Waals surface area contributed by atoms with Gasteiger partial charge in [0.1, 0.15) is 18.1 Å². The van der Waals surface area contributed by atoms with Gasteiger partial charge in [-0.3, -0.25) is 9.69 Å². The number of benzene rings is 2. The highest BCUT2D eigenvalue weighted by atomic mass is 16.7. The quantitative estimate of drug-likeness (QED) is 0.409. The van der Waals surface area contributed by atoms with Crippen LogP contribution in [0.5, 0.6) is 11.5 Å². The third-order valence-electron chi connectivity index (χ3n) is 6.98. The molecule has 40 heavy (non-hydrogen) atoms. The summed E-state index contributed by atoms with van der Waals surface area (Å²) < 4.78 is 22.2. The van der Waals surface area contributed by atoms with E-state index < -0.39 is 0 Å². The molecule has 0 saturated carbocycles. The number of furan rings is 1. The third kappa shape index (κ3) is 7.34. The summed E-state index contributed by atoms with van der Waals surface area (Å²) >= 11 is 0. The molecule has 0 bridgehead atoms. The smallest absolute Gasteiger partial charge is 0.322 e. The predicted octanol–water partition coefficient (Wildman–Crippen LogP) is 4.02. The maximum absolute atomic E-state index is 13.8. The Balaban J connectivity index is 1.33. The van der Waals surface area contributed by atoms with Gasteiger partial charge in [-0.25, -0.2) is 4.79 Å². The summed E-state index contributed by atoms with van der Waals surface area (Å²) in [4.78, 5) is 32.8. The van der Waals surface area contributed by atoms with Crippen LogP contribution in [-0.2, 0) is 22.6 Å². The molecule has 2 aromatic carbocycles. The minimum Gasteiger partial charge on any atom is -0.464 e. The Bertz CT molecular complexity index is 1320. The van der Waals surface area contributed by atoms with Crippen LogP contribution in [0.25, 0.3) is 0 Å². The van der Waals surface area contributed by atoms with Crippen LogP contribution in [-0.4, -0.2) is 79.4 Å². The molecule has 2 aliphatic heterocycles. The molecule has 0 radical (unpaired) electrons. The highest BCUT2D eigenvalue weighted by Gasteiger charge is 2.25. The molecular formula is C30H36N4O6. The fraction of sp³-hybridized carbons (Fsp3) is 0.400. The van der Waals surface area contributed by atoms with E-state index in [1.54, 1.807) is 9.80 Å². The molecule has 0 atom stereocenters. The van der Waals surface area contributed by atoms with Crippen LogP contribution in [0.2, 0.25) is 0 Å². The van der Waals surface area contributed by atoms with Gasteiger partial charge in [-0.05, 0) is 61.4 Å². The van der Waals surface area contributed by atoms with Crippen molar-refractivity contribution in [2.45, 2.75) is 26.9 Å². The normalized spacial score (nSPS) is 14.7. The molecule has 1 aromatic heterocycles. The lowest BCUT2D eigenvalue weighted by Gasteiger charge is -2.31. The van der Waals surface area contributed by atoms with E-state index in [0.29, 0.717) is 55.8 Å². The van der Waals surface area contributed by atoms with E-state index in [9.17, 15) is 9.59 Å². The van der Waals surface area contributed by atoms with Crippen molar-refractivity contribution < 1.29 is 28.2 Å². The Morgan fingerprint density at radius 3 is 2.52 bits per heavy atom. The van der Waals surface area contributed by atoms with Crippen molar-refractivity contribution in [1.82, 2.24) is 14.7 Å². The average molecular weight is 549 g/mol. The van der Waals surface area contributed by atoms with Crippen LogP contribution in [0, 0.1) is 13.8 Å². The number of carbonyl (C=O) groups excluding carboxylic acids is 2. The van der Waals surface area contributed by atoms with Gasteiger partial charge in [0.2, 0.25) is 12.7 Å². The number of morpholine rings is 1. The van der Waals surface area contributed by atoms with Gasteiger partial charge in [0, 0.05) is 38.4 Å². The molecule has 1 fully saturated rings. The van der Waals surface area contributed by atoms with Crippen LogP contribution in [0.1, 0.15) is 22.6 Å². The predicted molar refractivity (Wildman–Crippen MR) is 149 cm³/mol. The summed E-state index contributed by atoms with van der Waals surface area (Å²) in [5, 5.41) is 2.97. The SMILES string of the molecule is Cc1cccc(NC(=O)N(CCN2CCOCC2)CC(=O)N(Cc2ccc3c(c2)OCO3)Cc2ccc(C)o2)c1. The monoisotopic (exact) mass is 548 g/mol. The number of aryl methyl sites for hydroxylation is 2. The number of fused-ring (bicyclic) bond motifs is 1. The van der Waals surface area contributed by atoms with Crippen molar-refractivity contribution in [3.8, 4) is 11.5 Å².